The number of carbonyl (C=O) groups is 2. The van der Waals surface area contributed by atoms with Crippen LogP contribution in [-0.2, 0) is 19.1 Å². The molecule has 508 valence electrons. The number of esters is 2. The zero-order valence-corrected chi connectivity index (χ0v) is 58.6. The molecule has 86 heavy (non-hydrogen) atoms. The van der Waals surface area contributed by atoms with Crippen LogP contribution in [0.3, 0.4) is 0 Å². The van der Waals surface area contributed by atoms with Crippen LogP contribution in [0.15, 0.2) is 36.5 Å². The van der Waals surface area contributed by atoms with E-state index in [1.165, 1.54) is 379 Å². The number of aliphatic hydroxyl groups excluding tert-OH is 1. The number of hydrogen-bond donors (Lipinski definition) is 1. The first-order valence-corrected chi connectivity index (χ1v) is 39.5. The van der Waals surface area contributed by atoms with Crippen LogP contribution < -0.4 is 0 Å². The highest BCUT2D eigenvalue weighted by Gasteiger charge is 2.16. The Balaban J connectivity index is 3.35. The molecule has 5 nitrogen and oxygen atoms in total. The lowest BCUT2D eigenvalue weighted by molar-refractivity contribution is -0.161. The molecule has 0 bridgehead atoms. The van der Waals surface area contributed by atoms with Crippen LogP contribution in [0.2, 0.25) is 0 Å². The molecule has 0 aromatic carbocycles. The van der Waals surface area contributed by atoms with Gasteiger partial charge in [0.1, 0.15) is 6.61 Å². The lowest BCUT2D eigenvalue weighted by Crippen LogP contribution is -2.28. The van der Waals surface area contributed by atoms with E-state index in [1.54, 1.807) is 0 Å². The largest absolute Gasteiger partial charge is 0.462 e. The molecular formula is C81H154O5. The number of ether oxygens (including phenoxy) is 2. The molecule has 0 rings (SSSR count). The van der Waals surface area contributed by atoms with Crippen LogP contribution in [-0.4, -0.2) is 36.4 Å². The number of aliphatic hydroxyl groups is 1. The topological polar surface area (TPSA) is 72.8 Å². The van der Waals surface area contributed by atoms with Gasteiger partial charge in [-0.2, -0.15) is 0 Å². The predicted octanol–water partition coefficient (Wildman–Crippen LogP) is 27.7. The molecule has 0 fully saturated rings. The predicted molar refractivity (Wildman–Crippen MR) is 381 cm³/mol. The highest BCUT2D eigenvalue weighted by atomic mass is 16.6. The van der Waals surface area contributed by atoms with E-state index >= 15 is 0 Å². The van der Waals surface area contributed by atoms with Crippen molar-refractivity contribution in [3.05, 3.63) is 36.5 Å². The lowest BCUT2D eigenvalue weighted by Gasteiger charge is -2.15. The summed E-state index contributed by atoms with van der Waals surface area (Å²) in [5.41, 5.74) is 0. The zero-order valence-electron chi connectivity index (χ0n) is 58.6. The maximum absolute atomic E-state index is 12.4. The van der Waals surface area contributed by atoms with Crippen molar-refractivity contribution >= 4 is 11.9 Å². The summed E-state index contributed by atoms with van der Waals surface area (Å²) < 4.78 is 10.8. The Bertz CT molecular complexity index is 1370. The Morgan fingerprint density at radius 1 is 0.267 bits per heavy atom. The summed E-state index contributed by atoms with van der Waals surface area (Å²) in [6, 6.07) is 0. The van der Waals surface area contributed by atoms with Crippen LogP contribution in [0.4, 0.5) is 0 Å². The second-order valence-electron chi connectivity index (χ2n) is 27.2. The second-order valence-corrected chi connectivity index (χ2v) is 27.2. The zero-order chi connectivity index (χ0) is 61.9. The van der Waals surface area contributed by atoms with E-state index in [2.05, 4.69) is 50.3 Å². The molecule has 0 heterocycles. The smallest absolute Gasteiger partial charge is 0.306 e. The number of allylic oxidation sites excluding steroid dienone is 6. The molecule has 5 heteroatoms. The molecule has 0 radical (unpaired) electrons. The Kier molecular flexibility index (Phi) is 75.7. The van der Waals surface area contributed by atoms with Crippen molar-refractivity contribution in [2.24, 2.45) is 0 Å². The third-order valence-corrected chi connectivity index (χ3v) is 18.4. The average Bonchev–Trinajstić information content (AvgIpc) is 3.55. The van der Waals surface area contributed by atoms with Gasteiger partial charge in [-0.25, -0.2) is 0 Å². The molecule has 0 saturated heterocycles. The van der Waals surface area contributed by atoms with Gasteiger partial charge in [0.25, 0.3) is 0 Å². The molecule has 1 atom stereocenters. The fourth-order valence-corrected chi connectivity index (χ4v) is 12.5. The van der Waals surface area contributed by atoms with E-state index in [4.69, 9.17) is 9.47 Å². The van der Waals surface area contributed by atoms with Crippen LogP contribution in [0, 0.1) is 0 Å². The van der Waals surface area contributed by atoms with Gasteiger partial charge in [-0.1, -0.05) is 423 Å². The Hall–Kier alpha value is -1.88. The van der Waals surface area contributed by atoms with E-state index in [-0.39, 0.29) is 25.2 Å². The van der Waals surface area contributed by atoms with Crippen LogP contribution in [0.1, 0.15) is 450 Å². The third-order valence-electron chi connectivity index (χ3n) is 18.4. The molecular weight excluding hydrogens is 1050 g/mol. The van der Waals surface area contributed by atoms with Gasteiger partial charge in [0.05, 0.1) is 6.61 Å². The van der Waals surface area contributed by atoms with Gasteiger partial charge in [-0.15, -0.1) is 0 Å². The fourth-order valence-electron chi connectivity index (χ4n) is 12.5. The second kappa shape index (κ2) is 77.4. The average molecular weight is 1210 g/mol. The highest BCUT2D eigenvalue weighted by Crippen LogP contribution is 2.20. The van der Waals surface area contributed by atoms with Crippen molar-refractivity contribution in [2.45, 2.75) is 457 Å². The summed E-state index contributed by atoms with van der Waals surface area (Å²) in [5.74, 6) is -0.565. The molecule has 0 amide bonds. The quantitative estimate of drug-likeness (QED) is 0.0373. The van der Waals surface area contributed by atoms with Crippen LogP contribution in [0.5, 0.6) is 0 Å². The first-order chi connectivity index (χ1) is 42.6. The molecule has 0 aromatic rings. The minimum Gasteiger partial charge on any atom is -0.462 e. The minimum absolute atomic E-state index is 0.0595. The Morgan fingerprint density at radius 2 is 0.465 bits per heavy atom. The summed E-state index contributed by atoms with van der Waals surface area (Å²) in [5, 5.41) is 9.72. The van der Waals surface area contributed by atoms with Gasteiger partial charge < -0.3 is 14.6 Å². The summed E-state index contributed by atoms with van der Waals surface area (Å²) in [4.78, 5) is 24.7. The molecule has 0 aromatic heterocycles. The molecule has 0 aliphatic rings. The van der Waals surface area contributed by atoms with E-state index < -0.39 is 6.10 Å². The van der Waals surface area contributed by atoms with Crippen LogP contribution in [0.25, 0.3) is 0 Å². The van der Waals surface area contributed by atoms with Gasteiger partial charge >= 0.3 is 11.9 Å². The fraction of sp³-hybridized carbons (Fsp3) is 0.901. The van der Waals surface area contributed by atoms with Gasteiger partial charge in [0.15, 0.2) is 6.10 Å². The Labute approximate surface area is 539 Å². The van der Waals surface area contributed by atoms with Crippen molar-refractivity contribution in [1.82, 2.24) is 0 Å². The van der Waals surface area contributed by atoms with E-state index in [9.17, 15) is 14.7 Å². The summed E-state index contributed by atoms with van der Waals surface area (Å²) in [6.45, 7) is 4.20. The van der Waals surface area contributed by atoms with Gasteiger partial charge in [0.2, 0.25) is 0 Å². The number of carbonyl (C=O) groups excluding carboxylic acids is 2. The number of hydrogen-bond acceptors (Lipinski definition) is 5. The highest BCUT2D eigenvalue weighted by molar-refractivity contribution is 5.70. The van der Waals surface area contributed by atoms with E-state index in [0.29, 0.717) is 12.8 Å². The van der Waals surface area contributed by atoms with Crippen LogP contribution >= 0.6 is 0 Å². The van der Waals surface area contributed by atoms with Crippen molar-refractivity contribution < 1.29 is 24.2 Å². The van der Waals surface area contributed by atoms with Crippen molar-refractivity contribution in [3.63, 3.8) is 0 Å². The molecule has 0 spiro atoms. The first-order valence-electron chi connectivity index (χ1n) is 39.5. The van der Waals surface area contributed by atoms with Gasteiger partial charge in [0, 0.05) is 12.8 Å². The molecule has 0 saturated carbocycles. The standard InChI is InChI=1S/C81H154O5/c1-3-5-7-9-11-13-15-17-19-21-23-25-27-29-31-33-35-36-37-38-39-40-41-42-43-44-46-47-49-51-53-55-57-59-61-63-65-67-69-71-73-75-80(83)85-78-79(77-82)86-81(84)76-74-72-70-68-66-64-62-60-58-56-54-52-50-48-45-34-32-30-28-26-24-22-20-18-16-14-12-10-8-6-4-2/h16,18,22,24,28,30,79,82H,3-15,17,19-21,23,25-27,29,31-78H2,1-2H3/b18-16-,24-22-,30-28-. The maximum Gasteiger partial charge on any atom is 0.306 e. The van der Waals surface area contributed by atoms with Crippen molar-refractivity contribution in [1.29, 1.82) is 0 Å². The normalized spacial score (nSPS) is 12.3. The van der Waals surface area contributed by atoms with E-state index in [1.807, 2.05) is 0 Å². The minimum atomic E-state index is -0.771. The maximum atomic E-state index is 12.4. The lowest BCUT2D eigenvalue weighted by atomic mass is 10.0. The summed E-state index contributed by atoms with van der Waals surface area (Å²) in [6.07, 6.45) is 104. The summed E-state index contributed by atoms with van der Waals surface area (Å²) >= 11 is 0. The van der Waals surface area contributed by atoms with Gasteiger partial charge in [-0.3, -0.25) is 9.59 Å². The van der Waals surface area contributed by atoms with Crippen molar-refractivity contribution in [2.75, 3.05) is 13.2 Å². The summed E-state index contributed by atoms with van der Waals surface area (Å²) in [7, 11) is 0. The molecule has 0 aliphatic heterocycles. The molecule has 1 N–H and O–H groups in total. The van der Waals surface area contributed by atoms with E-state index in [0.717, 1.165) is 44.9 Å². The molecule has 0 aliphatic carbocycles. The van der Waals surface area contributed by atoms with Crippen molar-refractivity contribution in [3.8, 4) is 0 Å². The number of unbranched alkanes of at least 4 members (excludes halogenated alkanes) is 61. The SMILES string of the molecule is CCCCCCC/C=C\C/C=C\C/C=C\CCCCCCCCCCCCCCCCCCC(=O)OC(CO)COC(=O)CCCCCCCCCCCCCCCCCCCCCCCCCCCCCCCCCCCCCCCCCCC. The monoisotopic (exact) mass is 1210 g/mol. The number of rotatable bonds is 75. The van der Waals surface area contributed by atoms with Gasteiger partial charge in [-0.05, 0) is 51.4 Å². The molecule has 1 unspecified atom stereocenters. The third kappa shape index (κ3) is 74.6. The Morgan fingerprint density at radius 3 is 0.698 bits per heavy atom. The first kappa shape index (κ1) is 84.1.